The van der Waals surface area contributed by atoms with Crippen LogP contribution in [-0.4, -0.2) is 21.6 Å². The van der Waals surface area contributed by atoms with Crippen LogP contribution in [0.15, 0.2) is 47.5 Å². The Balaban J connectivity index is 1.79. The number of thioether (sulfide) groups is 1. The summed E-state index contributed by atoms with van der Waals surface area (Å²) in [5.41, 5.74) is 2.98. The molecular weight excluding hydrogens is 375 g/mol. The van der Waals surface area contributed by atoms with E-state index in [1.165, 1.54) is 6.07 Å². The molecule has 27 heavy (non-hydrogen) atoms. The summed E-state index contributed by atoms with van der Waals surface area (Å²) in [4.78, 5) is 19.4. The van der Waals surface area contributed by atoms with E-state index in [-0.39, 0.29) is 22.2 Å². The van der Waals surface area contributed by atoms with Crippen molar-refractivity contribution in [2.75, 3.05) is 11.1 Å². The van der Waals surface area contributed by atoms with E-state index >= 15 is 0 Å². The summed E-state index contributed by atoms with van der Waals surface area (Å²) < 4.78 is 39.1. The number of nitrogens with one attached hydrogen (secondary N) is 1. The lowest BCUT2D eigenvalue weighted by Gasteiger charge is -2.11. The molecule has 0 spiro atoms. The van der Waals surface area contributed by atoms with E-state index in [9.17, 15) is 18.0 Å². The van der Waals surface area contributed by atoms with Gasteiger partial charge in [0.05, 0.1) is 11.3 Å². The van der Waals surface area contributed by atoms with E-state index in [0.717, 1.165) is 22.9 Å². The second-order valence-corrected chi connectivity index (χ2v) is 6.97. The molecule has 8 heteroatoms. The minimum absolute atomic E-state index is 0.0643. The van der Waals surface area contributed by atoms with Crippen LogP contribution in [0.25, 0.3) is 10.9 Å². The summed E-state index contributed by atoms with van der Waals surface area (Å²) in [5.74, 6) is -1.59. The van der Waals surface area contributed by atoms with Crippen LogP contribution in [0.5, 0.6) is 0 Å². The summed E-state index contributed by atoms with van der Waals surface area (Å²) >= 11 is 0.952. The minimum Gasteiger partial charge on any atom is -0.325 e. The van der Waals surface area contributed by atoms with Crippen LogP contribution in [0.4, 0.5) is 18.9 Å². The van der Waals surface area contributed by atoms with Gasteiger partial charge in [-0.3, -0.25) is 4.79 Å². The molecule has 1 amide bonds. The first-order chi connectivity index (χ1) is 12.7. The van der Waals surface area contributed by atoms with Crippen LogP contribution in [-0.2, 0) is 11.0 Å². The quantitative estimate of drug-likeness (QED) is 0.503. The van der Waals surface area contributed by atoms with Gasteiger partial charge in [-0.1, -0.05) is 36.0 Å². The molecule has 0 aliphatic rings. The van der Waals surface area contributed by atoms with Crippen LogP contribution >= 0.6 is 11.8 Å². The summed E-state index contributed by atoms with van der Waals surface area (Å²) in [6.07, 6.45) is -4.65. The average Bonchev–Trinajstić information content (AvgIpc) is 2.62. The first-order valence-corrected chi connectivity index (χ1v) is 9.06. The molecule has 0 aliphatic heterocycles. The molecule has 0 atom stereocenters. The lowest BCUT2D eigenvalue weighted by Crippen LogP contribution is -2.15. The number of hydrogen-bond donors (Lipinski definition) is 1. The highest BCUT2D eigenvalue weighted by atomic mass is 32.2. The Bertz CT molecular complexity index is 1010. The fourth-order valence-electron chi connectivity index (χ4n) is 2.43. The number of aromatic nitrogens is 2. The fraction of sp³-hybridized carbons (Fsp3) is 0.211. The van der Waals surface area contributed by atoms with E-state index in [1.807, 2.05) is 26.0 Å². The Labute approximate surface area is 158 Å². The monoisotopic (exact) mass is 391 g/mol. The van der Waals surface area contributed by atoms with E-state index in [1.54, 1.807) is 24.3 Å². The molecule has 3 rings (SSSR count). The Hall–Kier alpha value is -2.61. The molecule has 0 saturated heterocycles. The second-order valence-electron chi connectivity index (χ2n) is 6.00. The molecule has 0 saturated carbocycles. The van der Waals surface area contributed by atoms with Crippen molar-refractivity contribution in [1.82, 2.24) is 9.97 Å². The lowest BCUT2D eigenvalue weighted by molar-refractivity contribution is -0.145. The second kappa shape index (κ2) is 7.56. The van der Waals surface area contributed by atoms with Crippen molar-refractivity contribution in [2.45, 2.75) is 25.0 Å². The van der Waals surface area contributed by atoms with Crippen molar-refractivity contribution >= 4 is 34.3 Å². The number of carbonyl (C=O) groups is 1. The van der Waals surface area contributed by atoms with Gasteiger partial charge in [-0.2, -0.15) is 13.2 Å². The third-order valence-electron chi connectivity index (χ3n) is 3.95. The van der Waals surface area contributed by atoms with Crippen LogP contribution in [0, 0.1) is 13.8 Å². The zero-order valence-corrected chi connectivity index (χ0v) is 15.4. The molecule has 140 valence electrons. The zero-order valence-electron chi connectivity index (χ0n) is 14.6. The zero-order chi connectivity index (χ0) is 19.6. The number of carbonyl (C=O) groups excluding carboxylic acids is 1. The number of rotatable bonds is 4. The number of anilines is 1. The molecule has 4 nitrogen and oxygen atoms in total. The van der Waals surface area contributed by atoms with Gasteiger partial charge in [0.1, 0.15) is 5.03 Å². The normalized spacial score (nSPS) is 11.6. The predicted octanol–water partition coefficient (Wildman–Crippen LogP) is 5.00. The van der Waals surface area contributed by atoms with Gasteiger partial charge in [0.25, 0.3) is 0 Å². The Morgan fingerprint density at radius 2 is 1.81 bits per heavy atom. The van der Waals surface area contributed by atoms with Crippen molar-refractivity contribution in [3.05, 3.63) is 59.4 Å². The largest absolute Gasteiger partial charge is 0.451 e. The number of alkyl halides is 3. The molecule has 0 unspecified atom stereocenters. The molecule has 1 aromatic heterocycles. The van der Waals surface area contributed by atoms with Gasteiger partial charge >= 0.3 is 6.18 Å². The molecule has 0 bridgehead atoms. The minimum atomic E-state index is -4.65. The highest BCUT2D eigenvalue weighted by Gasteiger charge is 2.35. The van der Waals surface area contributed by atoms with Gasteiger partial charge < -0.3 is 5.32 Å². The topological polar surface area (TPSA) is 54.9 Å². The van der Waals surface area contributed by atoms with Gasteiger partial charge in [0.2, 0.25) is 11.7 Å². The molecule has 3 aromatic rings. The summed E-state index contributed by atoms with van der Waals surface area (Å²) in [6, 6.07) is 12.0. The van der Waals surface area contributed by atoms with E-state index in [4.69, 9.17) is 0 Å². The first-order valence-electron chi connectivity index (χ1n) is 8.08. The maximum atomic E-state index is 13.0. The smallest absolute Gasteiger partial charge is 0.325 e. The van der Waals surface area contributed by atoms with Crippen LogP contribution in [0.3, 0.4) is 0 Å². The molecule has 1 N–H and O–H groups in total. The van der Waals surface area contributed by atoms with Gasteiger partial charge in [0.15, 0.2) is 0 Å². The summed E-state index contributed by atoms with van der Waals surface area (Å²) in [6.45, 7) is 3.90. The number of fused-ring (bicyclic) bond motifs is 1. The number of amides is 1. The van der Waals surface area contributed by atoms with Crippen LogP contribution in [0.1, 0.15) is 17.0 Å². The van der Waals surface area contributed by atoms with Crippen molar-refractivity contribution in [3.63, 3.8) is 0 Å². The van der Waals surface area contributed by atoms with E-state index < -0.39 is 12.0 Å². The summed E-state index contributed by atoms with van der Waals surface area (Å²) in [5, 5.41) is 3.36. The Morgan fingerprint density at radius 3 is 2.52 bits per heavy atom. The van der Waals surface area contributed by atoms with Crippen molar-refractivity contribution in [3.8, 4) is 0 Å². The van der Waals surface area contributed by atoms with E-state index in [0.29, 0.717) is 11.1 Å². The van der Waals surface area contributed by atoms with Gasteiger partial charge in [-0.05, 0) is 43.2 Å². The maximum absolute atomic E-state index is 13.0. The number of hydrogen-bond acceptors (Lipinski definition) is 4. The molecule has 0 aliphatic carbocycles. The van der Waals surface area contributed by atoms with Gasteiger partial charge in [0, 0.05) is 11.1 Å². The number of nitrogens with zero attached hydrogens (tertiary/aromatic N) is 2. The highest BCUT2D eigenvalue weighted by molar-refractivity contribution is 8.00. The first kappa shape index (κ1) is 19.2. The third kappa shape index (κ3) is 4.57. The van der Waals surface area contributed by atoms with Crippen molar-refractivity contribution in [1.29, 1.82) is 0 Å². The predicted molar refractivity (Wildman–Crippen MR) is 99.8 cm³/mol. The Morgan fingerprint density at radius 1 is 1.07 bits per heavy atom. The Kier molecular flexibility index (Phi) is 5.36. The van der Waals surface area contributed by atoms with Gasteiger partial charge in [-0.25, -0.2) is 9.97 Å². The molecule has 0 fully saturated rings. The van der Waals surface area contributed by atoms with Crippen LogP contribution < -0.4 is 5.32 Å². The van der Waals surface area contributed by atoms with Crippen LogP contribution in [0.2, 0.25) is 0 Å². The average molecular weight is 391 g/mol. The molecule has 2 aromatic carbocycles. The number of benzene rings is 2. The van der Waals surface area contributed by atoms with Crippen molar-refractivity contribution < 1.29 is 18.0 Å². The fourth-order valence-corrected chi connectivity index (χ4v) is 3.25. The third-order valence-corrected chi connectivity index (χ3v) is 4.94. The molecule has 1 heterocycles. The highest BCUT2D eigenvalue weighted by Crippen LogP contribution is 2.32. The standard InChI is InChI=1S/C19H16F3N3OS/c1-11-7-8-13(9-12(11)2)23-16(26)10-27-17-14-5-3-4-6-15(14)24-18(25-17)19(20,21)22/h3-9H,10H2,1-2H3,(H,23,26). The molecular formula is C19H16F3N3OS. The van der Waals surface area contributed by atoms with Gasteiger partial charge in [-0.15, -0.1) is 0 Å². The maximum Gasteiger partial charge on any atom is 0.451 e. The SMILES string of the molecule is Cc1ccc(NC(=O)CSc2nc(C(F)(F)F)nc3ccccc23)cc1C. The number of para-hydroxylation sites is 1. The molecule has 0 radical (unpaired) electrons. The lowest BCUT2D eigenvalue weighted by atomic mass is 10.1. The number of aryl methyl sites for hydroxylation is 2. The summed E-state index contributed by atoms with van der Waals surface area (Å²) in [7, 11) is 0. The van der Waals surface area contributed by atoms with E-state index in [2.05, 4.69) is 15.3 Å². The van der Waals surface area contributed by atoms with Crippen molar-refractivity contribution in [2.24, 2.45) is 0 Å². The number of halogens is 3.